The first-order valence-corrected chi connectivity index (χ1v) is 12.4. The van der Waals surface area contributed by atoms with Crippen molar-refractivity contribution in [1.29, 1.82) is 0 Å². The average molecular weight is 557 g/mol. The van der Waals surface area contributed by atoms with Crippen molar-refractivity contribution in [3.63, 3.8) is 0 Å². The molecule has 0 saturated carbocycles. The minimum absolute atomic E-state index is 0.163. The van der Waals surface area contributed by atoms with Gasteiger partial charge in [-0.05, 0) is 51.7 Å². The Morgan fingerprint density at radius 3 is 2.48 bits per heavy atom. The highest BCUT2D eigenvalue weighted by Crippen LogP contribution is 2.31. The van der Waals surface area contributed by atoms with Crippen molar-refractivity contribution in [2.75, 3.05) is 44.4 Å². The molecule has 2 aromatic heterocycles. The topological polar surface area (TPSA) is 93.3 Å². The van der Waals surface area contributed by atoms with Gasteiger partial charge in [-0.2, -0.15) is 5.10 Å². The van der Waals surface area contributed by atoms with Gasteiger partial charge in [0.2, 0.25) is 0 Å². The molecule has 0 unspecified atom stereocenters. The van der Waals surface area contributed by atoms with Crippen molar-refractivity contribution in [1.82, 2.24) is 29.7 Å². The number of hydrogen-bond donors (Lipinski definition) is 1. The lowest BCUT2D eigenvalue weighted by Crippen LogP contribution is -2.28. The van der Waals surface area contributed by atoms with Crippen LogP contribution in [0.15, 0.2) is 48.8 Å². The number of carbonyl (C=O) groups excluding carboxylic acids is 1. The van der Waals surface area contributed by atoms with Crippen LogP contribution in [0.3, 0.4) is 0 Å². The third kappa shape index (κ3) is 6.78. The Bertz CT molecular complexity index is 1510. The predicted octanol–water partition coefficient (Wildman–Crippen LogP) is 4.43. The minimum Gasteiger partial charge on any atom is -0.406 e. The fourth-order valence-corrected chi connectivity index (χ4v) is 4.00. The molecule has 4 rings (SSSR count). The second-order valence-electron chi connectivity index (χ2n) is 9.76. The number of nitrogens with zero attached hydrogens (tertiary/aromatic N) is 7. The summed E-state index contributed by atoms with van der Waals surface area (Å²) >= 11 is 0. The number of alkyl halides is 3. The second-order valence-corrected chi connectivity index (χ2v) is 9.76. The van der Waals surface area contributed by atoms with Crippen LogP contribution in [0.25, 0.3) is 16.9 Å². The van der Waals surface area contributed by atoms with E-state index in [0.29, 0.717) is 35.7 Å². The molecule has 0 fully saturated rings. The van der Waals surface area contributed by atoms with E-state index in [1.165, 1.54) is 6.07 Å². The van der Waals surface area contributed by atoms with Crippen LogP contribution < -0.4 is 15.0 Å². The Morgan fingerprint density at radius 2 is 1.82 bits per heavy atom. The number of likely N-dealkylation sites (N-methyl/N-ethyl adjacent to an activating group) is 2. The third-order valence-electron chi connectivity index (χ3n) is 6.43. The summed E-state index contributed by atoms with van der Waals surface area (Å²) in [5.74, 6) is -0.932. The van der Waals surface area contributed by atoms with Crippen molar-refractivity contribution >= 4 is 17.3 Å². The molecule has 2 aromatic carbocycles. The first-order chi connectivity index (χ1) is 18.8. The number of hydrogen-bond acceptors (Lipinski definition) is 7. The number of halogens is 3. The summed E-state index contributed by atoms with van der Waals surface area (Å²) in [6, 6.07) is 9.09. The van der Waals surface area contributed by atoms with E-state index in [0.717, 1.165) is 22.9 Å². The predicted molar refractivity (Wildman–Crippen MR) is 146 cm³/mol. The van der Waals surface area contributed by atoms with Gasteiger partial charge in [0.15, 0.2) is 0 Å². The molecule has 0 radical (unpaired) electrons. The molecule has 10 nitrogen and oxygen atoms in total. The maximum absolute atomic E-state index is 13.2. The summed E-state index contributed by atoms with van der Waals surface area (Å²) in [5.41, 5.74) is 4.80. The van der Waals surface area contributed by atoms with E-state index in [1.807, 2.05) is 39.9 Å². The molecule has 2 heterocycles. The Morgan fingerprint density at radius 1 is 1.07 bits per heavy atom. The van der Waals surface area contributed by atoms with Crippen LogP contribution in [0.5, 0.6) is 5.75 Å². The average Bonchev–Trinajstić information content (AvgIpc) is 3.48. The molecule has 0 aliphatic rings. The van der Waals surface area contributed by atoms with E-state index in [1.54, 1.807) is 58.0 Å². The Kier molecular flexibility index (Phi) is 8.14. The fraction of sp³-hybridized carbons (Fsp3) is 0.333. The van der Waals surface area contributed by atoms with Crippen molar-refractivity contribution in [2.45, 2.75) is 20.2 Å². The van der Waals surface area contributed by atoms with Gasteiger partial charge in [0.05, 0.1) is 18.1 Å². The molecule has 0 aliphatic heterocycles. The zero-order chi connectivity index (χ0) is 29.2. The number of anilines is 2. The van der Waals surface area contributed by atoms with Gasteiger partial charge >= 0.3 is 6.36 Å². The molecule has 13 heteroatoms. The molecule has 1 amide bonds. The number of nitrogens with one attached hydrogen (secondary N) is 1. The van der Waals surface area contributed by atoms with Gasteiger partial charge < -0.3 is 19.9 Å². The summed E-state index contributed by atoms with van der Waals surface area (Å²) in [6.45, 7) is 5.04. The van der Waals surface area contributed by atoms with Crippen LogP contribution in [0.4, 0.5) is 24.5 Å². The highest BCUT2D eigenvalue weighted by Gasteiger charge is 2.31. The van der Waals surface area contributed by atoms with Crippen LogP contribution in [0.1, 0.15) is 21.6 Å². The lowest BCUT2D eigenvalue weighted by Gasteiger charge is -2.23. The Labute approximate surface area is 229 Å². The normalized spacial score (nSPS) is 11.7. The van der Waals surface area contributed by atoms with Crippen molar-refractivity contribution in [2.24, 2.45) is 7.05 Å². The van der Waals surface area contributed by atoms with Gasteiger partial charge in [-0.3, -0.25) is 9.48 Å². The number of benzene rings is 2. The number of carbonyl (C=O) groups is 1. The number of aromatic nitrogens is 5. The number of aryl methyl sites for hydroxylation is 2. The quantitative estimate of drug-likeness (QED) is 0.326. The second kappa shape index (κ2) is 11.4. The molecule has 0 spiro atoms. The van der Waals surface area contributed by atoms with Crippen LogP contribution in [0.2, 0.25) is 0 Å². The molecule has 4 aromatic rings. The maximum Gasteiger partial charge on any atom is 0.573 e. The SMILES string of the molecule is Cc1ccc(C(=O)Nc2cc(OC(F)(F)F)cc(N(C)CCN(C)C)c2)cc1-n1cc(-c2cnn(C)c2C)nn1. The molecular weight excluding hydrogens is 525 g/mol. The largest absolute Gasteiger partial charge is 0.573 e. The van der Waals surface area contributed by atoms with Gasteiger partial charge in [-0.15, -0.1) is 18.3 Å². The van der Waals surface area contributed by atoms with Gasteiger partial charge in [0.25, 0.3) is 5.91 Å². The third-order valence-corrected chi connectivity index (χ3v) is 6.43. The zero-order valence-corrected chi connectivity index (χ0v) is 23.1. The van der Waals surface area contributed by atoms with E-state index in [2.05, 4.69) is 25.5 Å². The monoisotopic (exact) mass is 556 g/mol. The summed E-state index contributed by atoms with van der Waals surface area (Å²) in [7, 11) is 7.40. The smallest absolute Gasteiger partial charge is 0.406 e. The lowest BCUT2D eigenvalue weighted by atomic mass is 10.1. The summed E-state index contributed by atoms with van der Waals surface area (Å²) in [5, 5.41) is 15.4. The van der Waals surface area contributed by atoms with Gasteiger partial charge in [0, 0.05) is 67.5 Å². The summed E-state index contributed by atoms with van der Waals surface area (Å²) < 4.78 is 46.5. The summed E-state index contributed by atoms with van der Waals surface area (Å²) in [6.07, 6.45) is -1.41. The number of ether oxygens (including phenoxy) is 1. The van der Waals surface area contributed by atoms with E-state index in [9.17, 15) is 18.0 Å². The molecule has 40 heavy (non-hydrogen) atoms. The van der Waals surface area contributed by atoms with Gasteiger partial charge in [-0.1, -0.05) is 11.3 Å². The standard InChI is InChI=1S/C27H31F3N8O2/c1-17-7-8-19(11-25(17)38-16-24(33-34-38)23-15-31-37(6)18(23)2)26(39)32-20-12-21(36(5)10-9-35(3)4)14-22(13-20)40-27(28,29)30/h7-8,11-16H,9-10H2,1-6H3,(H,32,39). The number of rotatable bonds is 9. The van der Waals surface area contributed by atoms with Crippen molar-refractivity contribution < 1.29 is 22.7 Å². The molecule has 0 atom stereocenters. The van der Waals surface area contributed by atoms with Crippen LogP contribution in [-0.4, -0.2) is 76.2 Å². The van der Waals surface area contributed by atoms with Crippen molar-refractivity contribution in [3.8, 4) is 22.7 Å². The lowest BCUT2D eigenvalue weighted by molar-refractivity contribution is -0.274. The fourth-order valence-electron chi connectivity index (χ4n) is 4.00. The van der Waals surface area contributed by atoms with Gasteiger partial charge in [0.1, 0.15) is 11.4 Å². The summed E-state index contributed by atoms with van der Waals surface area (Å²) in [4.78, 5) is 17.0. The Hall–Kier alpha value is -4.39. The van der Waals surface area contributed by atoms with Crippen LogP contribution in [-0.2, 0) is 7.05 Å². The molecule has 0 saturated heterocycles. The first kappa shape index (κ1) is 28.6. The zero-order valence-electron chi connectivity index (χ0n) is 23.1. The molecule has 1 N–H and O–H groups in total. The van der Waals surface area contributed by atoms with Crippen LogP contribution in [0, 0.1) is 13.8 Å². The Balaban J connectivity index is 1.60. The molecular formula is C27H31F3N8O2. The molecule has 0 aliphatic carbocycles. The van der Waals surface area contributed by atoms with Crippen molar-refractivity contribution in [3.05, 3.63) is 65.6 Å². The molecule has 0 bridgehead atoms. The van der Waals surface area contributed by atoms with E-state index >= 15 is 0 Å². The van der Waals surface area contributed by atoms with E-state index in [4.69, 9.17) is 0 Å². The minimum atomic E-state index is -4.88. The maximum atomic E-state index is 13.2. The van der Waals surface area contributed by atoms with E-state index in [-0.39, 0.29) is 5.69 Å². The van der Waals surface area contributed by atoms with E-state index < -0.39 is 18.0 Å². The highest BCUT2D eigenvalue weighted by atomic mass is 19.4. The first-order valence-electron chi connectivity index (χ1n) is 12.4. The number of amides is 1. The van der Waals surface area contributed by atoms with Gasteiger partial charge in [-0.25, -0.2) is 4.68 Å². The molecule has 212 valence electrons. The van der Waals surface area contributed by atoms with Crippen LogP contribution >= 0.6 is 0 Å². The highest BCUT2D eigenvalue weighted by molar-refractivity contribution is 6.05.